The highest BCUT2D eigenvalue weighted by atomic mass is 14.9. The standard InChI is InChI=1S/C45H29N3.C37H25N3/c1-2-11-30(12-3-1)31-13-9-16-34(26-31)44-43(33-15-8-14-32(25-33)36-17-10-24-46-28-36)29-47-45(48-44)35-22-23-41-39-20-5-4-18-37(39)38-19-6-7-21-40(38)42(41)27-35;1-2-9-26(10-3-1)29-13-7-16-32(22-29)36-35(31-15-6-14-30(21-31)34-17-8-20-38-24-34)25-39-37(40-36)33-19-18-27-11-4-5-12-28(27)23-33/h1-29H;1-25H. The third-order valence-electron chi connectivity index (χ3n) is 16.4. The molecule has 0 radical (unpaired) electrons. The summed E-state index contributed by atoms with van der Waals surface area (Å²) in [6, 6.07) is 102. The molecule has 0 saturated carbocycles. The molecular formula is C82H54N6. The van der Waals surface area contributed by atoms with Crippen LogP contribution in [0.25, 0.3) is 155 Å². The Labute approximate surface area is 510 Å². The summed E-state index contributed by atoms with van der Waals surface area (Å²) in [4.78, 5) is 29.1. The monoisotopic (exact) mass is 1120 g/mol. The molecule has 0 aliphatic rings. The number of benzene rings is 12. The van der Waals surface area contributed by atoms with E-state index in [0.29, 0.717) is 11.6 Å². The van der Waals surface area contributed by atoms with Crippen LogP contribution in [0.15, 0.2) is 328 Å². The lowest BCUT2D eigenvalue weighted by Gasteiger charge is -2.14. The Balaban J connectivity index is 0.000000150. The first-order valence-electron chi connectivity index (χ1n) is 29.5. The van der Waals surface area contributed by atoms with Crippen LogP contribution in [0, 0.1) is 0 Å². The van der Waals surface area contributed by atoms with Crippen LogP contribution in [-0.2, 0) is 0 Å². The molecule has 12 aromatic carbocycles. The van der Waals surface area contributed by atoms with Gasteiger partial charge in [0, 0.05) is 81.7 Å². The molecule has 88 heavy (non-hydrogen) atoms. The van der Waals surface area contributed by atoms with Crippen molar-refractivity contribution in [2.75, 3.05) is 0 Å². The van der Waals surface area contributed by atoms with Crippen molar-refractivity contribution >= 4 is 43.1 Å². The molecule has 6 heteroatoms. The number of aromatic nitrogens is 6. The minimum Gasteiger partial charge on any atom is -0.264 e. The van der Waals surface area contributed by atoms with Crippen LogP contribution < -0.4 is 0 Å². The second-order valence-corrected chi connectivity index (χ2v) is 21.9. The lowest BCUT2D eigenvalue weighted by molar-refractivity contribution is 1.18. The topological polar surface area (TPSA) is 77.3 Å². The Morgan fingerprint density at radius 1 is 0.193 bits per heavy atom. The van der Waals surface area contributed by atoms with Gasteiger partial charge >= 0.3 is 0 Å². The van der Waals surface area contributed by atoms with E-state index in [1.165, 1.54) is 54.2 Å². The maximum Gasteiger partial charge on any atom is 0.159 e. The fourth-order valence-electron chi connectivity index (χ4n) is 12.0. The summed E-state index contributed by atoms with van der Waals surface area (Å²) in [6.07, 6.45) is 11.3. The van der Waals surface area contributed by atoms with E-state index < -0.39 is 0 Å². The number of hydrogen-bond donors (Lipinski definition) is 0. The Morgan fingerprint density at radius 2 is 0.557 bits per heavy atom. The molecule has 0 spiro atoms. The molecule has 6 nitrogen and oxygen atoms in total. The summed E-state index contributed by atoms with van der Waals surface area (Å²) in [7, 11) is 0. The second-order valence-electron chi connectivity index (χ2n) is 21.9. The number of fused-ring (bicyclic) bond motifs is 7. The van der Waals surface area contributed by atoms with Crippen LogP contribution in [-0.4, -0.2) is 29.9 Å². The molecule has 4 aromatic heterocycles. The minimum absolute atomic E-state index is 0.696. The number of rotatable bonds is 10. The van der Waals surface area contributed by atoms with Crippen LogP contribution in [0.1, 0.15) is 0 Å². The quantitative estimate of drug-likeness (QED) is 0.127. The van der Waals surface area contributed by atoms with Gasteiger partial charge < -0.3 is 0 Å². The molecule has 0 N–H and O–H groups in total. The van der Waals surface area contributed by atoms with Crippen molar-refractivity contribution in [1.82, 2.24) is 29.9 Å². The predicted octanol–water partition coefficient (Wildman–Crippen LogP) is 21.0. The summed E-state index contributed by atoms with van der Waals surface area (Å²) >= 11 is 0. The zero-order valence-electron chi connectivity index (χ0n) is 47.9. The number of nitrogens with zero attached hydrogens (tertiary/aromatic N) is 6. The minimum atomic E-state index is 0.696. The molecule has 0 atom stereocenters. The van der Waals surface area contributed by atoms with E-state index in [-0.39, 0.29) is 0 Å². The smallest absolute Gasteiger partial charge is 0.159 e. The van der Waals surface area contributed by atoms with Gasteiger partial charge in [-0.05, 0) is 136 Å². The summed E-state index contributed by atoms with van der Waals surface area (Å²) in [5.41, 5.74) is 18.9. The van der Waals surface area contributed by atoms with Gasteiger partial charge in [-0.15, -0.1) is 0 Å². The average molecular weight is 1120 g/mol. The van der Waals surface area contributed by atoms with Crippen molar-refractivity contribution in [3.63, 3.8) is 0 Å². The van der Waals surface area contributed by atoms with Crippen molar-refractivity contribution in [2.45, 2.75) is 0 Å². The molecular weight excluding hydrogens is 1070 g/mol. The first-order chi connectivity index (χ1) is 43.6. The molecule has 0 amide bonds. The van der Waals surface area contributed by atoms with Gasteiger partial charge in [0.15, 0.2) is 11.6 Å². The van der Waals surface area contributed by atoms with Gasteiger partial charge in [-0.2, -0.15) is 0 Å². The predicted molar refractivity (Wildman–Crippen MR) is 364 cm³/mol. The Hall–Kier alpha value is -11.9. The third-order valence-corrected chi connectivity index (χ3v) is 16.4. The SMILES string of the molecule is c1ccc(-c2cccc(-c3nc(-c4ccc5c6ccccc6c6ccccc6c5c4)ncc3-c3cccc(-c4cccnc4)c3)c2)cc1.c1ccc(-c2cccc(-c3nc(-c4ccc5ccccc5c4)ncc3-c3cccc(-c4cccnc4)c3)c2)cc1. The fraction of sp³-hybridized carbons (Fsp3) is 0. The van der Waals surface area contributed by atoms with E-state index in [0.717, 1.165) is 89.3 Å². The van der Waals surface area contributed by atoms with Crippen LogP contribution in [0.2, 0.25) is 0 Å². The van der Waals surface area contributed by atoms with Crippen molar-refractivity contribution in [3.05, 3.63) is 328 Å². The first kappa shape index (κ1) is 52.9. The van der Waals surface area contributed by atoms with E-state index >= 15 is 0 Å². The van der Waals surface area contributed by atoms with Gasteiger partial charge in [0.25, 0.3) is 0 Å². The molecule has 0 aliphatic carbocycles. The maximum atomic E-state index is 5.35. The highest BCUT2D eigenvalue weighted by Gasteiger charge is 2.19. The van der Waals surface area contributed by atoms with Crippen LogP contribution >= 0.6 is 0 Å². The maximum absolute atomic E-state index is 5.35. The van der Waals surface area contributed by atoms with E-state index in [9.17, 15) is 0 Å². The van der Waals surface area contributed by atoms with Gasteiger partial charge in [-0.3, -0.25) is 9.97 Å². The molecule has 0 bridgehead atoms. The highest BCUT2D eigenvalue weighted by Crippen LogP contribution is 2.41. The molecule has 0 fully saturated rings. The largest absolute Gasteiger partial charge is 0.264 e. The van der Waals surface area contributed by atoms with Gasteiger partial charge in [-0.1, -0.05) is 243 Å². The van der Waals surface area contributed by atoms with Gasteiger partial charge in [0.2, 0.25) is 0 Å². The second kappa shape index (κ2) is 23.7. The van der Waals surface area contributed by atoms with Gasteiger partial charge in [-0.25, -0.2) is 19.9 Å². The molecule has 0 unspecified atom stereocenters. The summed E-state index contributed by atoms with van der Waals surface area (Å²) < 4.78 is 0. The van der Waals surface area contributed by atoms with Crippen LogP contribution in [0.5, 0.6) is 0 Å². The molecule has 412 valence electrons. The fourth-order valence-corrected chi connectivity index (χ4v) is 12.0. The Morgan fingerprint density at radius 3 is 1.05 bits per heavy atom. The zero-order valence-corrected chi connectivity index (χ0v) is 47.9. The van der Waals surface area contributed by atoms with Crippen LogP contribution in [0.4, 0.5) is 0 Å². The van der Waals surface area contributed by atoms with E-state index in [1.807, 2.05) is 49.1 Å². The highest BCUT2D eigenvalue weighted by molar-refractivity contribution is 6.25. The van der Waals surface area contributed by atoms with Crippen LogP contribution in [0.3, 0.4) is 0 Å². The Bertz CT molecular complexity index is 5170. The molecule has 0 aliphatic heterocycles. The normalized spacial score (nSPS) is 11.2. The van der Waals surface area contributed by atoms with Gasteiger partial charge in [0.05, 0.1) is 11.4 Å². The lowest BCUT2D eigenvalue weighted by Crippen LogP contribution is -1.97. The average Bonchev–Trinajstić information content (AvgIpc) is 3.81. The molecule has 16 aromatic rings. The van der Waals surface area contributed by atoms with Crippen molar-refractivity contribution in [1.29, 1.82) is 0 Å². The lowest BCUT2D eigenvalue weighted by atomic mass is 9.93. The Kier molecular flexibility index (Phi) is 14.2. The zero-order chi connectivity index (χ0) is 58.6. The number of pyridine rings is 2. The van der Waals surface area contributed by atoms with E-state index in [2.05, 4.69) is 277 Å². The molecule has 16 rings (SSSR count). The van der Waals surface area contributed by atoms with Crippen molar-refractivity contribution < 1.29 is 0 Å². The summed E-state index contributed by atoms with van der Waals surface area (Å²) in [5.74, 6) is 1.40. The molecule has 4 heterocycles. The summed E-state index contributed by atoms with van der Waals surface area (Å²) in [5, 5.41) is 9.80. The third kappa shape index (κ3) is 10.6. The van der Waals surface area contributed by atoms with Gasteiger partial charge in [0.1, 0.15) is 0 Å². The number of hydrogen-bond acceptors (Lipinski definition) is 6. The molecule has 0 saturated heterocycles. The summed E-state index contributed by atoms with van der Waals surface area (Å²) in [6.45, 7) is 0. The van der Waals surface area contributed by atoms with Crippen molar-refractivity contribution in [2.24, 2.45) is 0 Å². The van der Waals surface area contributed by atoms with E-state index in [4.69, 9.17) is 19.9 Å². The van der Waals surface area contributed by atoms with Crippen molar-refractivity contribution in [3.8, 4) is 112 Å². The van der Waals surface area contributed by atoms with E-state index in [1.54, 1.807) is 12.4 Å². The first-order valence-corrected chi connectivity index (χ1v) is 29.5.